The number of primary amides is 1. The number of carbonyl (C=O) groups is 7. The molecule has 63 heavy (non-hydrogen) atoms. The zero-order valence-corrected chi connectivity index (χ0v) is 32.9. The molecule has 6 atom stereocenters. The number of hydrogen-bond acceptors (Lipinski definition) is 15. The van der Waals surface area contributed by atoms with Gasteiger partial charge in [-0.1, -0.05) is 37.3 Å². The summed E-state index contributed by atoms with van der Waals surface area (Å²) in [6.07, 6.45) is -10.3. The number of carboxylic acids is 1. The molecule has 31 heteroatoms. The second kappa shape index (κ2) is 22.9. The summed E-state index contributed by atoms with van der Waals surface area (Å²) in [7, 11) is 0. The third-order valence-electron chi connectivity index (χ3n) is 7.65. The molecule has 2 aromatic carbocycles. The molecule has 0 fully saturated rings. The molecule has 0 bridgehead atoms. The highest BCUT2D eigenvalue weighted by Crippen LogP contribution is 2.28. The van der Waals surface area contributed by atoms with Gasteiger partial charge in [0, 0.05) is 18.7 Å². The number of anilines is 1. The van der Waals surface area contributed by atoms with Crippen LogP contribution in [0.4, 0.5) is 11.4 Å². The van der Waals surface area contributed by atoms with E-state index in [4.69, 9.17) is 51.6 Å². The number of carboxylic acid groups (broad SMARTS) is 1. The van der Waals surface area contributed by atoms with Gasteiger partial charge < -0.3 is 93.3 Å². The molecule has 0 saturated heterocycles. The molecule has 0 spiro atoms. The van der Waals surface area contributed by atoms with Gasteiger partial charge in [-0.3, -0.25) is 38.9 Å². The van der Waals surface area contributed by atoms with E-state index in [1.165, 1.54) is 24.3 Å². The minimum Gasteiger partial charge on any atom is -0.478 e. The standard InChI is InChI=1S/C32H46N20O11/c1-2-10-51(15-9-8-13(52(62)63)11-14(15)28(60)61)27(59)26(58)42-16(12-6-4-3-5-7-12)22(54)44-19(48-30(36)37)24(56)46-21(50-32(40)41)25(57)45-20(49-31(38)39)23(55)43-18(17(33)53)47-29(34)35/h3-9,11,16,18-21,27,59H,2,10H2,1H3,(H2,33,53)(H,42,58)(H,43,55)(H,44,54)(H,45,57)(H,46,56)(H,60,61)(H4,34,35,47)(H4,36,37,48)(H4,38,39,49)(H4,40,41,50). The average molecular weight is 887 g/mol. The molecule has 0 aliphatic heterocycles. The van der Waals surface area contributed by atoms with Crippen LogP contribution in [0.1, 0.15) is 35.3 Å². The van der Waals surface area contributed by atoms with Crippen LogP contribution < -0.4 is 83.1 Å². The van der Waals surface area contributed by atoms with Gasteiger partial charge in [0.25, 0.3) is 35.2 Å². The number of nitrogens with one attached hydrogen (secondary N) is 5. The summed E-state index contributed by atoms with van der Waals surface area (Å²) in [5.41, 5.74) is 46.9. The lowest BCUT2D eigenvalue weighted by molar-refractivity contribution is -0.384. The van der Waals surface area contributed by atoms with Gasteiger partial charge in [0.2, 0.25) is 36.8 Å². The molecular formula is C32H46N20O11. The average Bonchev–Trinajstić information content (AvgIpc) is 3.19. The van der Waals surface area contributed by atoms with Gasteiger partial charge in [0.15, 0.2) is 23.8 Å². The molecule has 0 aromatic heterocycles. The molecule has 25 N–H and O–H groups in total. The van der Waals surface area contributed by atoms with Crippen LogP contribution in [0.2, 0.25) is 0 Å². The summed E-state index contributed by atoms with van der Waals surface area (Å²) < 4.78 is 0. The number of hydrogen-bond donors (Lipinski definition) is 16. The van der Waals surface area contributed by atoms with Crippen molar-refractivity contribution >= 4 is 76.6 Å². The summed E-state index contributed by atoms with van der Waals surface area (Å²) in [5.74, 6) is -12.7. The van der Waals surface area contributed by atoms with Crippen LogP contribution in [0.25, 0.3) is 0 Å². The second-order valence-electron chi connectivity index (χ2n) is 12.4. The van der Waals surface area contributed by atoms with Crippen LogP contribution in [0, 0.1) is 10.1 Å². The Labute approximate surface area is 354 Å². The van der Waals surface area contributed by atoms with Crippen molar-refractivity contribution in [1.29, 1.82) is 0 Å². The molecule has 0 aliphatic carbocycles. The number of aliphatic hydroxyl groups excluding tert-OH is 1. The molecule has 0 aliphatic rings. The number of non-ortho nitro benzene ring substituents is 1. The van der Waals surface area contributed by atoms with E-state index in [1.807, 2.05) is 16.0 Å². The fraction of sp³-hybridized carbons (Fsp3) is 0.281. The summed E-state index contributed by atoms with van der Waals surface area (Å²) in [5, 5.41) is 42.9. The fourth-order valence-electron chi connectivity index (χ4n) is 5.07. The lowest BCUT2D eigenvalue weighted by Gasteiger charge is -2.31. The Kier molecular flexibility index (Phi) is 18.2. The summed E-state index contributed by atoms with van der Waals surface area (Å²) in [4.78, 5) is 117. The molecular weight excluding hydrogens is 840 g/mol. The largest absolute Gasteiger partial charge is 0.478 e. The maximum atomic E-state index is 14.0. The lowest BCUT2D eigenvalue weighted by atomic mass is 10.1. The number of rotatable bonds is 22. The second-order valence-corrected chi connectivity index (χ2v) is 12.4. The van der Waals surface area contributed by atoms with Gasteiger partial charge in [0.05, 0.1) is 16.2 Å². The number of aliphatic hydroxyl groups is 1. The number of amides is 6. The van der Waals surface area contributed by atoms with E-state index in [0.717, 1.165) is 23.1 Å². The molecule has 2 rings (SSSR count). The first-order chi connectivity index (χ1) is 29.5. The first kappa shape index (κ1) is 50.1. The molecule has 0 saturated carbocycles. The highest BCUT2D eigenvalue weighted by Gasteiger charge is 2.35. The zero-order valence-electron chi connectivity index (χ0n) is 32.9. The quantitative estimate of drug-likeness (QED) is 0.0172. The fourth-order valence-corrected chi connectivity index (χ4v) is 5.07. The Morgan fingerprint density at radius 1 is 0.651 bits per heavy atom. The van der Waals surface area contributed by atoms with Gasteiger partial charge in [0.1, 0.15) is 6.04 Å². The van der Waals surface area contributed by atoms with Crippen molar-refractivity contribution in [2.24, 2.45) is 71.6 Å². The topological polar surface area (TPSA) is 550 Å². The minimum absolute atomic E-state index is 0.0447. The van der Waals surface area contributed by atoms with E-state index < -0.39 is 118 Å². The van der Waals surface area contributed by atoms with Gasteiger partial charge in [-0.25, -0.2) is 24.8 Å². The highest BCUT2D eigenvalue weighted by molar-refractivity contribution is 6.00. The number of nitro benzene ring substituents is 1. The first-order valence-electron chi connectivity index (χ1n) is 17.6. The molecule has 0 radical (unpaired) electrons. The number of nitrogens with zero attached hydrogens (tertiary/aromatic N) is 6. The van der Waals surface area contributed by atoms with E-state index in [0.29, 0.717) is 0 Å². The predicted molar refractivity (Wildman–Crippen MR) is 221 cm³/mol. The number of guanidine groups is 4. The van der Waals surface area contributed by atoms with E-state index >= 15 is 0 Å². The Morgan fingerprint density at radius 3 is 1.48 bits per heavy atom. The van der Waals surface area contributed by atoms with E-state index in [-0.39, 0.29) is 24.2 Å². The van der Waals surface area contributed by atoms with Crippen LogP contribution >= 0.6 is 0 Å². The third-order valence-corrected chi connectivity index (χ3v) is 7.65. The van der Waals surface area contributed by atoms with E-state index in [1.54, 1.807) is 13.0 Å². The SMILES string of the molecule is CCCN(c1ccc([N+](=O)[O-])cc1C(=O)O)C(O)C(=O)NC(C(=O)NC(N=C(N)N)C(=O)NC(N=C(N)N)C(=O)NC(N=C(N)N)C(=O)NC(N=C(N)N)C(N)=O)c1ccccc1. The van der Waals surface area contributed by atoms with Gasteiger partial charge in [-0.2, -0.15) is 0 Å². The van der Waals surface area contributed by atoms with Crippen molar-refractivity contribution < 1.29 is 48.7 Å². The molecule has 2 aromatic rings. The van der Waals surface area contributed by atoms with E-state index in [9.17, 15) is 53.9 Å². The van der Waals surface area contributed by atoms with Crippen LogP contribution in [-0.2, 0) is 28.8 Å². The number of aromatic carboxylic acids is 1. The van der Waals surface area contributed by atoms with Crippen molar-refractivity contribution in [1.82, 2.24) is 26.6 Å². The van der Waals surface area contributed by atoms with Gasteiger partial charge in [-0.15, -0.1) is 0 Å². The maximum absolute atomic E-state index is 14.0. The van der Waals surface area contributed by atoms with Crippen molar-refractivity contribution in [3.05, 3.63) is 69.8 Å². The monoisotopic (exact) mass is 886 g/mol. The Bertz CT molecular complexity index is 2170. The van der Waals surface area contributed by atoms with Crippen molar-refractivity contribution in [2.45, 2.75) is 50.3 Å². The smallest absolute Gasteiger partial charge is 0.338 e. The van der Waals surface area contributed by atoms with Crippen molar-refractivity contribution in [2.75, 3.05) is 11.4 Å². The number of benzene rings is 2. The highest BCUT2D eigenvalue weighted by atomic mass is 16.6. The number of carbonyl (C=O) groups excluding carboxylic acids is 6. The third kappa shape index (κ3) is 15.3. The summed E-state index contributed by atoms with van der Waals surface area (Å²) in [6.45, 7) is 1.45. The summed E-state index contributed by atoms with van der Waals surface area (Å²) >= 11 is 0. The molecule has 31 nitrogen and oxygen atoms in total. The number of nitro groups is 1. The molecule has 6 unspecified atom stereocenters. The Hall–Kier alpha value is -9.03. The van der Waals surface area contributed by atoms with Gasteiger partial charge in [-0.05, 0) is 18.1 Å². The lowest BCUT2D eigenvalue weighted by Crippen LogP contribution is -2.58. The predicted octanol–water partition coefficient (Wildman–Crippen LogP) is -7.97. The number of nitrogens with two attached hydrogens (primary N) is 9. The van der Waals surface area contributed by atoms with Crippen LogP contribution in [0.15, 0.2) is 68.5 Å². The Morgan fingerprint density at radius 2 is 1.08 bits per heavy atom. The molecule has 0 heterocycles. The Balaban J connectivity index is 2.50. The molecule has 340 valence electrons. The van der Waals surface area contributed by atoms with Crippen molar-refractivity contribution in [3.8, 4) is 0 Å². The maximum Gasteiger partial charge on any atom is 0.338 e. The van der Waals surface area contributed by atoms with Crippen LogP contribution in [0.5, 0.6) is 0 Å². The zero-order chi connectivity index (χ0) is 47.7. The molecule has 6 amide bonds. The normalized spacial score (nSPS) is 13.2. The van der Waals surface area contributed by atoms with Gasteiger partial charge >= 0.3 is 5.97 Å². The summed E-state index contributed by atoms with van der Waals surface area (Å²) in [6, 6.07) is 8.12. The van der Waals surface area contributed by atoms with E-state index in [2.05, 4.69) is 30.6 Å². The number of aliphatic imine (C=N–C) groups is 4. The first-order valence-corrected chi connectivity index (χ1v) is 17.6. The van der Waals surface area contributed by atoms with Crippen LogP contribution in [0.3, 0.4) is 0 Å². The minimum atomic E-state index is -2.22. The van der Waals surface area contributed by atoms with Crippen molar-refractivity contribution in [3.63, 3.8) is 0 Å². The van der Waals surface area contributed by atoms with Crippen LogP contribution in [-0.4, -0.2) is 118 Å².